The van der Waals surface area contributed by atoms with Gasteiger partial charge in [-0.3, -0.25) is 4.98 Å². The molecule has 0 bridgehead atoms. The van der Waals surface area contributed by atoms with Crippen molar-refractivity contribution in [2.45, 2.75) is 26.1 Å². The van der Waals surface area contributed by atoms with Gasteiger partial charge in [0, 0.05) is 17.1 Å². The Morgan fingerprint density at radius 3 is 2.57 bits per heavy atom. The Labute approximate surface area is 118 Å². The molecule has 0 amide bonds. The van der Waals surface area contributed by atoms with Crippen molar-refractivity contribution in [2.24, 2.45) is 0 Å². The molecule has 1 heterocycles. The zero-order valence-corrected chi connectivity index (χ0v) is 11.2. The number of halogens is 3. The average Bonchev–Trinajstić information content (AvgIpc) is 2.36. The highest BCUT2D eigenvalue weighted by Gasteiger charge is 2.31. The van der Waals surface area contributed by atoms with Gasteiger partial charge in [0.25, 0.3) is 0 Å². The van der Waals surface area contributed by atoms with Gasteiger partial charge in [-0.05, 0) is 32.0 Å². The van der Waals surface area contributed by atoms with Crippen LogP contribution in [0.1, 0.15) is 18.2 Å². The fraction of sp³-hybridized carbons (Fsp3) is 0.286. The van der Waals surface area contributed by atoms with Crippen molar-refractivity contribution in [3.8, 4) is 5.75 Å². The van der Waals surface area contributed by atoms with Gasteiger partial charge in [0.1, 0.15) is 5.75 Å². The number of pyridine rings is 1. The summed E-state index contributed by atoms with van der Waals surface area (Å²) in [6.45, 7) is 2.94. The summed E-state index contributed by atoms with van der Waals surface area (Å²) in [5.74, 6) is -0.967. The molecule has 0 radical (unpaired) electrons. The minimum atomic E-state index is -4.46. The van der Waals surface area contributed by atoms with Crippen LogP contribution in [0, 0.1) is 6.92 Å². The lowest BCUT2D eigenvalue weighted by Gasteiger charge is -2.14. The van der Waals surface area contributed by atoms with Crippen molar-refractivity contribution >= 4 is 16.9 Å². The van der Waals surface area contributed by atoms with Crippen LogP contribution < -0.4 is 4.74 Å². The third kappa shape index (κ3) is 3.24. The summed E-state index contributed by atoms with van der Waals surface area (Å²) < 4.78 is 43.4. The summed E-state index contributed by atoms with van der Waals surface area (Å²) in [5, 5.41) is 9.18. The number of rotatable bonds is 3. The minimum Gasteiger partial charge on any atom is -0.479 e. The van der Waals surface area contributed by atoms with Crippen LogP contribution in [0.3, 0.4) is 0 Å². The number of ether oxygens (including phenoxy) is 1. The number of aliphatic carboxylic acids is 1. The molecule has 1 N–H and O–H groups in total. The molecule has 112 valence electrons. The number of benzene rings is 1. The van der Waals surface area contributed by atoms with E-state index in [0.29, 0.717) is 11.1 Å². The first-order valence-electron chi connectivity index (χ1n) is 6.06. The number of aryl methyl sites for hydroxylation is 1. The van der Waals surface area contributed by atoms with Crippen LogP contribution in [0.5, 0.6) is 5.75 Å². The molecule has 1 atom stereocenters. The predicted molar refractivity (Wildman–Crippen MR) is 69.2 cm³/mol. The number of hydrogen-bond donors (Lipinski definition) is 1. The van der Waals surface area contributed by atoms with Gasteiger partial charge in [-0.25, -0.2) is 4.79 Å². The maximum absolute atomic E-state index is 12.7. The number of alkyl halides is 3. The SMILES string of the molecule is Cc1cc(OC(C)C(=O)O)c2ccc(C(F)(F)F)cc2n1. The summed E-state index contributed by atoms with van der Waals surface area (Å²) in [6, 6.07) is 4.56. The number of aromatic nitrogens is 1. The molecule has 0 aliphatic heterocycles. The van der Waals surface area contributed by atoms with Crippen LogP contribution in [0.4, 0.5) is 13.2 Å². The second-order valence-corrected chi connectivity index (χ2v) is 4.59. The zero-order chi connectivity index (χ0) is 15.8. The highest BCUT2D eigenvalue weighted by Crippen LogP contribution is 2.34. The Bertz CT molecular complexity index is 698. The molecule has 0 saturated carbocycles. The van der Waals surface area contributed by atoms with E-state index in [0.717, 1.165) is 12.1 Å². The lowest BCUT2D eigenvalue weighted by atomic mass is 10.1. The lowest BCUT2D eigenvalue weighted by Crippen LogP contribution is -2.23. The first-order chi connectivity index (χ1) is 9.68. The first-order valence-corrected chi connectivity index (χ1v) is 6.06. The van der Waals surface area contributed by atoms with Crippen molar-refractivity contribution in [3.05, 3.63) is 35.5 Å². The van der Waals surface area contributed by atoms with E-state index in [1.165, 1.54) is 19.1 Å². The molecule has 1 unspecified atom stereocenters. The van der Waals surface area contributed by atoms with Crippen molar-refractivity contribution in [1.82, 2.24) is 4.98 Å². The fourth-order valence-corrected chi connectivity index (χ4v) is 1.84. The Morgan fingerprint density at radius 2 is 2.00 bits per heavy atom. The van der Waals surface area contributed by atoms with E-state index in [9.17, 15) is 18.0 Å². The third-order valence-corrected chi connectivity index (χ3v) is 2.88. The molecule has 0 saturated heterocycles. The van der Waals surface area contributed by atoms with E-state index in [1.807, 2.05) is 0 Å². The van der Waals surface area contributed by atoms with Crippen molar-refractivity contribution in [2.75, 3.05) is 0 Å². The van der Waals surface area contributed by atoms with Crippen molar-refractivity contribution in [3.63, 3.8) is 0 Å². The number of carboxylic acid groups (broad SMARTS) is 1. The standard InChI is InChI=1S/C14H12F3NO3/c1-7-5-12(21-8(2)13(19)20)10-4-3-9(14(15,16)17)6-11(10)18-7/h3-6,8H,1-2H3,(H,19,20). The normalized spacial score (nSPS) is 13.2. The number of carbonyl (C=O) groups is 1. The summed E-state index contributed by atoms with van der Waals surface area (Å²) in [7, 11) is 0. The van der Waals surface area contributed by atoms with Crippen LogP contribution >= 0.6 is 0 Å². The molecule has 1 aromatic carbocycles. The number of fused-ring (bicyclic) bond motifs is 1. The Balaban J connectivity index is 2.55. The molecule has 2 aromatic rings. The summed E-state index contributed by atoms with van der Waals surface area (Å²) in [5.41, 5.74) is -0.267. The molecule has 2 rings (SSSR count). The summed E-state index contributed by atoms with van der Waals surface area (Å²) >= 11 is 0. The second-order valence-electron chi connectivity index (χ2n) is 4.59. The number of nitrogens with zero attached hydrogens (tertiary/aromatic N) is 1. The van der Waals surface area contributed by atoms with E-state index in [-0.39, 0.29) is 11.3 Å². The maximum Gasteiger partial charge on any atom is 0.416 e. The molecule has 7 heteroatoms. The summed E-state index contributed by atoms with van der Waals surface area (Å²) in [6.07, 6.45) is -5.58. The highest BCUT2D eigenvalue weighted by molar-refractivity contribution is 5.86. The average molecular weight is 299 g/mol. The van der Waals surface area contributed by atoms with Gasteiger partial charge >= 0.3 is 12.1 Å². The molecular weight excluding hydrogens is 287 g/mol. The van der Waals surface area contributed by atoms with Gasteiger partial charge < -0.3 is 9.84 Å². The van der Waals surface area contributed by atoms with Crippen LogP contribution in [-0.2, 0) is 11.0 Å². The van der Waals surface area contributed by atoms with Gasteiger partial charge in [0.05, 0.1) is 11.1 Å². The van der Waals surface area contributed by atoms with Crippen LogP contribution in [0.25, 0.3) is 10.9 Å². The largest absolute Gasteiger partial charge is 0.479 e. The fourth-order valence-electron chi connectivity index (χ4n) is 1.84. The molecule has 0 spiro atoms. The maximum atomic E-state index is 12.7. The first kappa shape index (κ1) is 15.1. The van der Waals surface area contributed by atoms with Gasteiger partial charge in [-0.1, -0.05) is 0 Å². The number of hydrogen-bond acceptors (Lipinski definition) is 3. The van der Waals surface area contributed by atoms with E-state index >= 15 is 0 Å². The van der Waals surface area contributed by atoms with Gasteiger partial charge in [-0.2, -0.15) is 13.2 Å². The predicted octanol–water partition coefficient (Wildman–Crippen LogP) is 3.41. The van der Waals surface area contributed by atoms with E-state index in [2.05, 4.69) is 4.98 Å². The van der Waals surface area contributed by atoms with Crippen molar-refractivity contribution < 1.29 is 27.8 Å². The molecule has 0 aliphatic carbocycles. The van der Waals surface area contributed by atoms with E-state index in [4.69, 9.17) is 9.84 Å². The quantitative estimate of drug-likeness (QED) is 0.943. The molecule has 0 fully saturated rings. The molecule has 1 aromatic heterocycles. The van der Waals surface area contributed by atoms with E-state index in [1.54, 1.807) is 6.92 Å². The van der Waals surface area contributed by atoms with E-state index < -0.39 is 23.8 Å². The summed E-state index contributed by atoms with van der Waals surface area (Å²) in [4.78, 5) is 14.9. The highest BCUT2D eigenvalue weighted by atomic mass is 19.4. The van der Waals surface area contributed by atoms with Crippen molar-refractivity contribution in [1.29, 1.82) is 0 Å². The monoisotopic (exact) mass is 299 g/mol. The van der Waals surface area contributed by atoms with Crippen LogP contribution in [0.2, 0.25) is 0 Å². The lowest BCUT2D eigenvalue weighted by molar-refractivity contribution is -0.144. The molecule has 0 aliphatic rings. The Hall–Kier alpha value is -2.31. The number of carboxylic acids is 1. The van der Waals surface area contributed by atoms with Crippen LogP contribution in [-0.4, -0.2) is 22.2 Å². The Morgan fingerprint density at radius 1 is 1.33 bits per heavy atom. The minimum absolute atomic E-state index is 0.109. The van der Waals surface area contributed by atoms with Gasteiger partial charge in [0.2, 0.25) is 0 Å². The topological polar surface area (TPSA) is 59.4 Å². The van der Waals surface area contributed by atoms with Crippen LogP contribution in [0.15, 0.2) is 24.3 Å². The van der Waals surface area contributed by atoms with Gasteiger partial charge in [-0.15, -0.1) is 0 Å². The third-order valence-electron chi connectivity index (χ3n) is 2.88. The zero-order valence-electron chi connectivity index (χ0n) is 11.2. The molecule has 4 nitrogen and oxygen atoms in total. The second kappa shape index (κ2) is 5.23. The molecule has 21 heavy (non-hydrogen) atoms. The Kier molecular flexibility index (Phi) is 3.76. The molecular formula is C14H12F3NO3. The van der Waals surface area contributed by atoms with Gasteiger partial charge in [0.15, 0.2) is 6.10 Å². The smallest absolute Gasteiger partial charge is 0.416 e.